The Balaban J connectivity index is 1.41. The van der Waals surface area contributed by atoms with Gasteiger partial charge in [-0.2, -0.15) is 0 Å². The van der Waals surface area contributed by atoms with E-state index < -0.39 is 0 Å². The summed E-state index contributed by atoms with van der Waals surface area (Å²) in [6, 6.07) is 18.0. The van der Waals surface area contributed by atoms with E-state index in [1.807, 2.05) is 6.20 Å². The van der Waals surface area contributed by atoms with Gasteiger partial charge in [-0.3, -0.25) is 0 Å². The van der Waals surface area contributed by atoms with Gasteiger partial charge in [-0.15, -0.1) is 0 Å². The molecule has 2 aliphatic rings. The first-order valence-corrected chi connectivity index (χ1v) is 9.47. The van der Waals surface area contributed by atoms with E-state index in [1.54, 1.807) is 11.1 Å². The van der Waals surface area contributed by atoms with Crippen molar-refractivity contribution in [1.82, 2.24) is 4.98 Å². The summed E-state index contributed by atoms with van der Waals surface area (Å²) in [7, 11) is 0. The number of halogens is 1. The molecule has 1 aromatic heterocycles. The maximum Gasteiger partial charge on any atom is 0.134 e. The van der Waals surface area contributed by atoms with E-state index in [4.69, 9.17) is 0 Å². The van der Waals surface area contributed by atoms with Gasteiger partial charge in [0.05, 0.1) is 0 Å². The van der Waals surface area contributed by atoms with Crippen LogP contribution in [0.5, 0.6) is 0 Å². The summed E-state index contributed by atoms with van der Waals surface area (Å²) in [6.07, 6.45) is 5.63. The quantitative estimate of drug-likeness (QED) is 0.634. The second-order valence-electron chi connectivity index (χ2n) is 7.02. The second-order valence-corrected chi connectivity index (χ2v) is 7.94. The van der Waals surface area contributed by atoms with Crippen molar-refractivity contribution in [2.45, 2.75) is 31.2 Å². The highest BCUT2D eigenvalue weighted by molar-refractivity contribution is 9.10. The summed E-state index contributed by atoms with van der Waals surface area (Å²) in [4.78, 5) is 4.61. The third-order valence-corrected chi connectivity index (χ3v) is 6.28. The van der Waals surface area contributed by atoms with Crippen molar-refractivity contribution in [3.05, 3.63) is 70.3 Å². The molecule has 24 heavy (non-hydrogen) atoms. The van der Waals surface area contributed by atoms with Gasteiger partial charge in [0.15, 0.2) is 0 Å². The number of rotatable bonds is 2. The highest BCUT2D eigenvalue weighted by Crippen LogP contribution is 2.50. The van der Waals surface area contributed by atoms with Gasteiger partial charge in [0.25, 0.3) is 0 Å². The number of nitrogens with zero attached hydrogens (tertiary/aromatic N) is 1. The van der Waals surface area contributed by atoms with Crippen molar-refractivity contribution in [2.24, 2.45) is 5.92 Å². The molecule has 3 atom stereocenters. The predicted molar refractivity (Wildman–Crippen MR) is 102 cm³/mol. The van der Waals surface area contributed by atoms with Crippen LogP contribution in [0.2, 0.25) is 0 Å². The Kier molecular flexibility index (Phi) is 3.37. The van der Waals surface area contributed by atoms with Gasteiger partial charge in [-0.05, 0) is 71.9 Å². The van der Waals surface area contributed by atoms with Crippen molar-refractivity contribution >= 4 is 32.5 Å². The minimum Gasteiger partial charge on any atom is -0.367 e. The largest absolute Gasteiger partial charge is 0.367 e. The van der Waals surface area contributed by atoms with Crippen LogP contribution in [0.1, 0.15) is 29.9 Å². The Hall–Kier alpha value is -1.87. The van der Waals surface area contributed by atoms with E-state index in [0.717, 1.165) is 22.1 Å². The highest BCUT2D eigenvalue weighted by Gasteiger charge is 2.44. The first-order valence-electron chi connectivity index (χ1n) is 8.68. The van der Waals surface area contributed by atoms with Crippen LogP contribution in [0.3, 0.4) is 0 Å². The summed E-state index contributed by atoms with van der Waals surface area (Å²) in [5.74, 6) is 2.51. The molecule has 3 aromatic rings. The average molecular weight is 379 g/mol. The number of fused-ring (bicyclic) bond motifs is 4. The molecule has 3 unspecified atom stereocenters. The summed E-state index contributed by atoms with van der Waals surface area (Å²) >= 11 is 3.55. The molecule has 2 nitrogen and oxygen atoms in total. The van der Waals surface area contributed by atoms with Crippen LogP contribution >= 0.6 is 15.9 Å². The van der Waals surface area contributed by atoms with Gasteiger partial charge < -0.3 is 5.32 Å². The summed E-state index contributed by atoms with van der Waals surface area (Å²) in [6.45, 7) is 0. The number of aromatic nitrogens is 1. The number of anilines is 1. The van der Waals surface area contributed by atoms with Gasteiger partial charge in [0.1, 0.15) is 5.82 Å². The molecule has 3 heteroatoms. The first-order chi connectivity index (χ1) is 11.8. The highest BCUT2D eigenvalue weighted by atomic mass is 79.9. The first kappa shape index (κ1) is 14.5. The topological polar surface area (TPSA) is 24.9 Å². The van der Waals surface area contributed by atoms with Crippen molar-refractivity contribution in [1.29, 1.82) is 0 Å². The Morgan fingerprint density at radius 1 is 1.08 bits per heavy atom. The third-order valence-electron chi connectivity index (χ3n) is 5.79. The van der Waals surface area contributed by atoms with E-state index in [1.165, 1.54) is 30.0 Å². The van der Waals surface area contributed by atoms with Crippen molar-refractivity contribution in [3.63, 3.8) is 0 Å². The Bertz CT molecular complexity index is 921. The van der Waals surface area contributed by atoms with Crippen LogP contribution in [0.25, 0.3) is 10.8 Å². The second kappa shape index (κ2) is 5.59. The van der Waals surface area contributed by atoms with Crippen LogP contribution < -0.4 is 5.32 Å². The maximum absolute atomic E-state index is 4.61. The molecular formula is C21H19BrN2. The van der Waals surface area contributed by atoms with E-state index in [-0.39, 0.29) is 0 Å². The van der Waals surface area contributed by atoms with Crippen LogP contribution in [0.4, 0.5) is 5.82 Å². The molecule has 2 aromatic carbocycles. The zero-order valence-electron chi connectivity index (χ0n) is 13.4. The number of aryl methyl sites for hydroxylation is 1. The lowest BCUT2D eigenvalue weighted by molar-refractivity contribution is 0.194. The van der Waals surface area contributed by atoms with Gasteiger partial charge in [-0.1, -0.05) is 40.2 Å². The predicted octanol–water partition coefficient (Wildman–Crippen LogP) is 5.53. The lowest BCUT2D eigenvalue weighted by Crippen LogP contribution is -2.47. The van der Waals surface area contributed by atoms with Crippen LogP contribution in [-0.2, 0) is 6.42 Å². The van der Waals surface area contributed by atoms with Gasteiger partial charge in [0.2, 0.25) is 0 Å². The standard InChI is InChI=1S/C21H19BrN2/c22-15-6-8-17-14(11-15)9-10-23-21(17)24-20-12-19-16-4-2-1-3-13(16)5-7-18(19)20/h1-4,6,8-11,18-20H,5,7,12H2,(H,23,24). The minimum atomic E-state index is 0.546. The van der Waals surface area contributed by atoms with E-state index in [2.05, 4.69) is 74.8 Å². The van der Waals surface area contributed by atoms with Gasteiger partial charge in [0, 0.05) is 22.1 Å². The number of nitrogens with one attached hydrogen (secondary N) is 1. The molecule has 0 spiro atoms. The summed E-state index contributed by atoms with van der Waals surface area (Å²) in [5.41, 5.74) is 3.15. The molecule has 5 rings (SSSR count). The molecule has 0 saturated heterocycles. The monoisotopic (exact) mass is 378 g/mol. The zero-order valence-corrected chi connectivity index (χ0v) is 15.0. The maximum atomic E-state index is 4.61. The molecule has 120 valence electrons. The number of hydrogen-bond acceptors (Lipinski definition) is 2. The summed E-state index contributed by atoms with van der Waals surface area (Å²) in [5, 5.41) is 6.18. The van der Waals surface area contributed by atoms with Gasteiger partial charge in [-0.25, -0.2) is 4.98 Å². The average Bonchev–Trinajstić information content (AvgIpc) is 2.59. The fourth-order valence-electron chi connectivity index (χ4n) is 4.52. The molecule has 1 N–H and O–H groups in total. The fraction of sp³-hybridized carbons (Fsp3) is 0.286. The lowest BCUT2D eigenvalue weighted by Gasteiger charge is -2.49. The molecule has 0 bridgehead atoms. The van der Waals surface area contributed by atoms with Crippen molar-refractivity contribution in [3.8, 4) is 0 Å². The molecule has 1 heterocycles. The van der Waals surface area contributed by atoms with Crippen molar-refractivity contribution in [2.75, 3.05) is 5.32 Å². The summed E-state index contributed by atoms with van der Waals surface area (Å²) < 4.78 is 1.11. The van der Waals surface area contributed by atoms with E-state index >= 15 is 0 Å². The molecule has 2 aliphatic carbocycles. The number of pyridine rings is 1. The van der Waals surface area contributed by atoms with Gasteiger partial charge >= 0.3 is 0 Å². The van der Waals surface area contributed by atoms with E-state index in [0.29, 0.717) is 6.04 Å². The molecule has 0 radical (unpaired) electrons. The number of hydrogen-bond donors (Lipinski definition) is 1. The number of benzene rings is 2. The lowest BCUT2D eigenvalue weighted by atomic mass is 9.60. The van der Waals surface area contributed by atoms with Crippen molar-refractivity contribution < 1.29 is 0 Å². The minimum absolute atomic E-state index is 0.546. The molecule has 1 saturated carbocycles. The molecule has 1 fully saturated rings. The third kappa shape index (κ3) is 2.26. The van der Waals surface area contributed by atoms with E-state index in [9.17, 15) is 0 Å². The SMILES string of the molecule is Brc1ccc2c(NC3CC4c5ccccc5CCC34)nccc2c1. The smallest absolute Gasteiger partial charge is 0.134 e. The van der Waals surface area contributed by atoms with Crippen LogP contribution in [0, 0.1) is 5.92 Å². The van der Waals surface area contributed by atoms with Crippen LogP contribution in [-0.4, -0.2) is 11.0 Å². The van der Waals surface area contributed by atoms with Crippen LogP contribution in [0.15, 0.2) is 59.2 Å². The molecular weight excluding hydrogens is 360 g/mol. The zero-order chi connectivity index (χ0) is 16.1. The Morgan fingerprint density at radius 2 is 2.00 bits per heavy atom. The fourth-order valence-corrected chi connectivity index (χ4v) is 4.90. The normalized spacial score (nSPS) is 24.8. The Morgan fingerprint density at radius 3 is 2.96 bits per heavy atom. The molecule has 0 amide bonds. The Labute approximate surface area is 150 Å². The molecule has 0 aliphatic heterocycles.